The Balaban J connectivity index is 0.00000420. The minimum absolute atomic E-state index is 0. The zero-order valence-corrected chi connectivity index (χ0v) is 20.3. The van der Waals surface area contributed by atoms with Crippen LogP contribution in [0.5, 0.6) is 0 Å². The summed E-state index contributed by atoms with van der Waals surface area (Å²) in [5, 5.41) is 9.04. The molecule has 0 atom stereocenters. The Hall–Kier alpha value is -4.40. The van der Waals surface area contributed by atoms with Crippen molar-refractivity contribution in [2.45, 2.75) is 25.4 Å². The predicted octanol–water partition coefficient (Wildman–Crippen LogP) is 4.56. The van der Waals surface area contributed by atoms with E-state index in [-0.39, 0.29) is 40.7 Å². The van der Waals surface area contributed by atoms with E-state index in [0.717, 1.165) is 35.4 Å². The van der Waals surface area contributed by atoms with E-state index < -0.39 is 48.4 Å². The van der Waals surface area contributed by atoms with Crippen LogP contribution < -0.4 is 11.1 Å². The van der Waals surface area contributed by atoms with E-state index in [1.807, 2.05) is 0 Å². The minimum Gasteiger partial charge on any atom is -0.383 e. The number of aromatic amines is 1. The fourth-order valence-electron chi connectivity index (χ4n) is 3.59. The second kappa shape index (κ2) is 11.1. The van der Waals surface area contributed by atoms with Crippen molar-refractivity contribution >= 4 is 46.6 Å². The Morgan fingerprint density at radius 1 is 0.923 bits per heavy atom. The molecule has 3 heterocycles. The third kappa shape index (κ3) is 6.54. The quantitative estimate of drug-likeness (QED) is 0.237. The summed E-state index contributed by atoms with van der Waals surface area (Å²) in [6.45, 7) is -1.25. The number of aromatic nitrogens is 4. The molecule has 2 amide bonds. The van der Waals surface area contributed by atoms with Crippen LogP contribution in [0.1, 0.15) is 22.4 Å². The number of H-pyrrole nitrogens is 1. The molecular formula is C23H18ClF6N7O2. The molecule has 0 unspecified atom stereocenters. The van der Waals surface area contributed by atoms with Crippen LogP contribution in [0.15, 0.2) is 55.0 Å². The monoisotopic (exact) mass is 573 g/mol. The lowest BCUT2D eigenvalue weighted by Gasteiger charge is -2.24. The van der Waals surface area contributed by atoms with Gasteiger partial charge in [0.15, 0.2) is 0 Å². The fourth-order valence-corrected chi connectivity index (χ4v) is 3.59. The number of anilines is 2. The van der Waals surface area contributed by atoms with Crippen molar-refractivity contribution in [3.05, 3.63) is 77.4 Å². The summed E-state index contributed by atoms with van der Waals surface area (Å²) in [6.07, 6.45) is -6.41. The average molecular weight is 574 g/mol. The first-order valence-electron chi connectivity index (χ1n) is 10.7. The van der Waals surface area contributed by atoms with Crippen LogP contribution in [-0.4, -0.2) is 36.9 Å². The number of carbonyl (C=O) groups is 2. The summed E-state index contributed by atoms with van der Waals surface area (Å²) in [4.78, 5) is 34.3. The topological polar surface area (TPSA) is 130 Å². The summed E-state index contributed by atoms with van der Waals surface area (Å²) < 4.78 is 79.3. The van der Waals surface area contributed by atoms with E-state index in [1.165, 1.54) is 12.3 Å². The molecule has 4 N–H and O–H groups in total. The lowest BCUT2D eigenvalue weighted by molar-refractivity contribution is -0.145. The van der Waals surface area contributed by atoms with Crippen LogP contribution in [0.4, 0.5) is 37.8 Å². The van der Waals surface area contributed by atoms with Gasteiger partial charge in [0, 0.05) is 12.7 Å². The zero-order chi connectivity index (χ0) is 27.7. The number of carbonyl (C=O) groups excluding carboxylic acids is 2. The van der Waals surface area contributed by atoms with Crippen LogP contribution in [0.25, 0.3) is 10.9 Å². The molecule has 9 nitrogen and oxygen atoms in total. The summed E-state index contributed by atoms with van der Waals surface area (Å²) in [5.41, 5.74) is 3.49. The number of hydrogen-bond acceptors (Lipinski definition) is 6. The van der Waals surface area contributed by atoms with Crippen molar-refractivity contribution in [1.82, 2.24) is 25.1 Å². The molecule has 0 saturated heterocycles. The number of hydrogen-bond donors (Lipinski definition) is 3. The first kappa shape index (κ1) is 29.2. The second-order valence-corrected chi connectivity index (χ2v) is 8.02. The molecule has 0 aliphatic heterocycles. The molecule has 0 spiro atoms. The average Bonchev–Trinajstić information content (AvgIpc) is 3.36. The fraction of sp³-hybridized carbons (Fsp3) is 0.174. The predicted molar refractivity (Wildman–Crippen MR) is 129 cm³/mol. The smallest absolute Gasteiger partial charge is 0.383 e. The first-order valence-corrected chi connectivity index (χ1v) is 10.7. The molecule has 0 radical (unpaired) electrons. The lowest BCUT2D eigenvalue weighted by atomic mass is 10.1. The van der Waals surface area contributed by atoms with Crippen molar-refractivity contribution in [2.24, 2.45) is 0 Å². The molecule has 0 aliphatic carbocycles. The van der Waals surface area contributed by atoms with Gasteiger partial charge < -0.3 is 16.0 Å². The zero-order valence-electron chi connectivity index (χ0n) is 19.5. The Kier molecular flexibility index (Phi) is 8.33. The molecule has 0 saturated carbocycles. The second-order valence-electron chi connectivity index (χ2n) is 8.02. The van der Waals surface area contributed by atoms with Gasteiger partial charge in [0.2, 0.25) is 0 Å². The largest absolute Gasteiger partial charge is 0.417 e. The van der Waals surface area contributed by atoms with Crippen LogP contribution in [-0.2, 0) is 35.0 Å². The maximum atomic E-state index is 13.6. The number of nitrogens with one attached hydrogen (secondary N) is 2. The van der Waals surface area contributed by atoms with E-state index in [0.29, 0.717) is 17.6 Å². The Bertz CT molecular complexity index is 1490. The molecule has 206 valence electrons. The molecular weight excluding hydrogens is 556 g/mol. The highest BCUT2D eigenvalue weighted by atomic mass is 35.5. The van der Waals surface area contributed by atoms with Gasteiger partial charge in [-0.25, -0.2) is 4.98 Å². The molecule has 0 fully saturated rings. The Morgan fingerprint density at radius 3 is 2.28 bits per heavy atom. The highest BCUT2D eigenvalue weighted by Crippen LogP contribution is 2.33. The van der Waals surface area contributed by atoms with Crippen molar-refractivity contribution in [3.63, 3.8) is 0 Å². The molecule has 4 rings (SSSR count). The molecule has 16 heteroatoms. The van der Waals surface area contributed by atoms with Gasteiger partial charge >= 0.3 is 24.2 Å². The van der Waals surface area contributed by atoms with Crippen LogP contribution in [0, 0.1) is 0 Å². The van der Waals surface area contributed by atoms with E-state index >= 15 is 0 Å². The van der Waals surface area contributed by atoms with Gasteiger partial charge in [0.05, 0.1) is 52.3 Å². The van der Waals surface area contributed by atoms with Gasteiger partial charge in [-0.2, -0.15) is 31.4 Å². The number of nitrogens with two attached hydrogens (primary N) is 1. The summed E-state index contributed by atoms with van der Waals surface area (Å²) in [6, 6.07) is 6.09. The van der Waals surface area contributed by atoms with Crippen molar-refractivity contribution in [3.8, 4) is 0 Å². The first-order chi connectivity index (χ1) is 17.8. The Labute approximate surface area is 221 Å². The maximum absolute atomic E-state index is 13.6. The normalized spacial score (nSPS) is 11.6. The van der Waals surface area contributed by atoms with Gasteiger partial charge in [-0.15, -0.1) is 12.4 Å². The number of nitrogens with zero attached hydrogens (tertiary/aromatic N) is 4. The highest BCUT2D eigenvalue weighted by molar-refractivity contribution is 6.40. The summed E-state index contributed by atoms with van der Waals surface area (Å²) >= 11 is 0. The van der Waals surface area contributed by atoms with E-state index in [1.54, 1.807) is 0 Å². The van der Waals surface area contributed by atoms with Crippen LogP contribution >= 0.6 is 12.4 Å². The van der Waals surface area contributed by atoms with Crippen LogP contribution in [0.3, 0.4) is 0 Å². The minimum atomic E-state index is -4.76. The van der Waals surface area contributed by atoms with Crippen LogP contribution in [0.2, 0.25) is 0 Å². The number of halogens is 7. The molecule has 1 aromatic carbocycles. The third-order valence-electron chi connectivity index (χ3n) is 5.44. The number of alkyl halides is 6. The maximum Gasteiger partial charge on any atom is 0.417 e. The standard InChI is InChI=1S/C23H17F6N7O2.ClH/c24-22(25,26)13-5-6-14(31-7-13)11-36(10-12-3-1-2-4-16(12)23(27,28)29)21(38)20(37)34-17-9-32-19(30)15-8-33-35-18(15)17;/h1-9H,10-11H2,(H2,30,32)(H,33,35)(H,34,37);1H. The summed E-state index contributed by atoms with van der Waals surface area (Å²) in [7, 11) is 0. The van der Waals surface area contributed by atoms with E-state index in [2.05, 4.69) is 25.5 Å². The number of amides is 2. The van der Waals surface area contributed by atoms with E-state index in [4.69, 9.17) is 5.73 Å². The Morgan fingerprint density at radius 2 is 1.64 bits per heavy atom. The molecule has 3 aromatic heterocycles. The molecule has 39 heavy (non-hydrogen) atoms. The lowest BCUT2D eigenvalue weighted by Crippen LogP contribution is -2.39. The van der Waals surface area contributed by atoms with Gasteiger partial charge in [-0.05, 0) is 23.8 Å². The molecule has 4 aromatic rings. The van der Waals surface area contributed by atoms with Gasteiger partial charge in [0.25, 0.3) is 0 Å². The number of rotatable bonds is 5. The van der Waals surface area contributed by atoms with Gasteiger partial charge in [-0.3, -0.25) is 19.7 Å². The number of fused-ring (bicyclic) bond motifs is 1. The summed E-state index contributed by atoms with van der Waals surface area (Å²) in [5.74, 6) is -2.42. The number of nitrogen functional groups attached to an aromatic ring is 1. The highest BCUT2D eigenvalue weighted by Gasteiger charge is 2.35. The molecule has 0 bridgehead atoms. The van der Waals surface area contributed by atoms with E-state index in [9.17, 15) is 35.9 Å². The van der Waals surface area contributed by atoms with Crippen molar-refractivity contribution in [1.29, 1.82) is 0 Å². The van der Waals surface area contributed by atoms with Gasteiger partial charge in [-0.1, -0.05) is 18.2 Å². The third-order valence-corrected chi connectivity index (χ3v) is 5.44. The SMILES string of the molecule is Cl.Nc1ncc(NC(=O)C(=O)N(Cc2ccc(C(F)(F)F)cn2)Cc2ccccc2C(F)(F)F)c2[nH]ncc12. The number of benzene rings is 1. The van der Waals surface area contributed by atoms with Crippen molar-refractivity contribution in [2.75, 3.05) is 11.1 Å². The van der Waals surface area contributed by atoms with Gasteiger partial charge in [0.1, 0.15) is 5.82 Å². The number of pyridine rings is 2. The molecule has 0 aliphatic rings. The van der Waals surface area contributed by atoms with Crippen molar-refractivity contribution < 1.29 is 35.9 Å².